The van der Waals surface area contributed by atoms with E-state index >= 15 is 0 Å². The van der Waals surface area contributed by atoms with Crippen molar-refractivity contribution in [2.45, 2.75) is 45.8 Å². The van der Waals surface area contributed by atoms with Crippen molar-refractivity contribution < 1.29 is 9.72 Å². The lowest BCUT2D eigenvalue weighted by Gasteiger charge is -2.33. The number of hydrogen-bond acceptors (Lipinski definition) is 5. The highest BCUT2D eigenvalue weighted by molar-refractivity contribution is 9.10. The van der Waals surface area contributed by atoms with E-state index in [1.165, 1.54) is 12.1 Å². The fourth-order valence-electron chi connectivity index (χ4n) is 4.66. The largest absolute Gasteiger partial charge is 0.351 e. The average molecular weight is 664 g/mol. The summed E-state index contributed by atoms with van der Waals surface area (Å²) in [5.74, 6) is 0.0854. The van der Waals surface area contributed by atoms with Gasteiger partial charge in [-0.05, 0) is 47.5 Å². The van der Waals surface area contributed by atoms with Crippen molar-refractivity contribution in [2.24, 2.45) is 5.92 Å². The maximum Gasteiger partial charge on any atom is 0.269 e. The fourth-order valence-corrected chi connectivity index (χ4v) is 5.32. The van der Waals surface area contributed by atoms with Crippen LogP contribution in [-0.4, -0.2) is 43.0 Å². The van der Waals surface area contributed by atoms with Gasteiger partial charge in [-0.2, -0.15) is 0 Å². The molecule has 4 rings (SSSR count). The molecule has 224 valence electrons. The molecule has 0 bridgehead atoms. The van der Waals surface area contributed by atoms with Crippen molar-refractivity contribution in [1.29, 1.82) is 0 Å². The number of carbonyl (C=O) groups is 1. The van der Waals surface area contributed by atoms with Gasteiger partial charge >= 0.3 is 0 Å². The number of nitrogens with zero attached hydrogens (tertiary/aromatic N) is 4. The summed E-state index contributed by atoms with van der Waals surface area (Å²) < 4.78 is 2.84. The predicted octanol–water partition coefficient (Wildman–Crippen LogP) is 6.57. The molecule has 0 spiro atoms. The average Bonchev–Trinajstić information content (AvgIpc) is 3.42. The fraction of sp³-hybridized carbons (Fsp3) is 0.281. The van der Waals surface area contributed by atoms with Crippen LogP contribution in [0.1, 0.15) is 37.1 Å². The minimum absolute atomic E-state index is 0.0395. The molecule has 2 atom stereocenters. The quantitative estimate of drug-likeness (QED) is 0.0947. The van der Waals surface area contributed by atoms with Crippen molar-refractivity contribution in [3.05, 3.63) is 123 Å². The Labute approximate surface area is 265 Å². The molecular weight excluding hydrogens is 628 g/mol. The number of hydrogen-bond donors (Lipinski definition) is 2. The number of rotatable bonds is 13. The van der Waals surface area contributed by atoms with Gasteiger partial charge in [-0.25, -0.2) is 4.98 Å². The number of nitrogens with one attached hydrogen (secondary N) is 2. The molecule has 11 heteroatoms. The number of aromatic nitrogens is 2. The second kappa shape index (κ2) is 15.4. The Kier molecular flexibility index (Phi) is 11.4. The van der Waals surface area contributed by atoms with Crippen LogP contribution in [0.4, 0.5) is 11.4 Å². The molecule has 43 heavy (non-hydrogen) atoms. The summed E-state index contributed by atoms with van der Waals surface area (Å²) in [5, 5.41) is 18.2. The molecule has 0 aliphatic carbocycles. The molecular formula is C32H35BrN6O3S. The Hall–Kier alpha value is -4.09. The van der Waals surface area contributed by atoms with Gasteiger partial charge in [0.15, 0.2) is 5.11 Å². The number of non-ortho nitro benzene ring substituents is 1. The number of nitro benzene ring substituents is 1. The topological polar surface area (TPSA) is 105 Å². The molecule has 9 nitrogen and oxygen atoms in total. The summed E-state index contributed by atoms with van der Waals surface area (Å²) in [5.41, 5.74) is 3.67. The summed E-state index contributed by atoms with van der Waals surface area (Å²) in [4.78, 5) is 30.3. The van der Waals surface area contributed by atoms with E-state index in [2.05, 4.69) is 62.4 Å². The van der Waals surface area contributed by atoms with Crippen LogP contribution in [-0.2, 0) is 24.3 Å². The lowest BCUT2D eigenvalue weighted by Crippen LogP contribution is -2.50. The van der Waals surface area contributed by atoms with E-state index in [9.17, 15) is 14.9 Å². The molecule has 1 amide bonds. The number of anilines is 1. The minimum Gasteiger partial charge on any atom is -0.351 e. The summed E-state index contributed by atoms with van der Waals surface area (Å²) in [6.45, 7) is 5.82. The first-order chi connectivity index (χ1) is 20.7. The van der Waals surface area contributed by atoms with Crippen LogP contribution in [0.2, 0.25) is 0 Å². The molecule has 0 fully saturated rings. The van der Waals surface area contributed by atoms with Crippen LogP contribution in [0.5, 0.6) is 0 Å². The smallest absolute Gasteiger partial charge is 0.269 e. The number of nitro groups is 1. The van der Waals surface area contributed by atoms with Crippen LogP contribution >= 0.6 is 28.1 Å². The number of halogens is 1. The summed E-state index contributed by atoms with van der Waals surface area (Å²) in [7, 11) is 0. The van der Waals surface area contributed by atoms with Crippen molar-refractivity contribution in [2.75, 3.05) is 11.9 Å². The third-order valence-corrected chi connectivity index (χ3v) is 8.17. The Bertz CT molecular complexity index is 1530. The van der Waals surface area contributed by atoms with E-state index in [1.54, 1.807) is 24.7 Å². The standard InChI is InChI=1S/C32H35BrN6O3S/c1-3-23(2)30(21-37(19-24-8-5-4-6-9-24)32(43)35-27-11-7-10-26(33)16-27)36-31(40)17-29-18-34-22-38(29)20-25-12-14-28(15-13-25)39(41)42/h4-16,18,22-23,30H,3,17,19-21H2,1-2H3,(H,35,43)(H,36,40)/t23-,30+/m0/s1. The molecule has 0 aliphatic rings. The first-order valence-corrected chi connectivity index (χ1v) is 15.3. The van der Waals surface area contributed by atoms with Crippen LogP contribution in [0, 0.1) is 16.0 Å². The number of benzene rings is 3. The highest BCUT2D eigenvalue weighted by atomic mass is 79.9. The highest BCUT2D eigenvalue weighted by Gasteiger charge is 2.24. The third-order valence-electron chi connectivity index (χ3n) is 7.31. The van der Waals surface area contributed by atoms with Gasteiger partial charge in [-0.3, -0.25) is 14.9 Å². The Morgan fingerprint density at radius 3 is 2.51 bits per heavy atom. The van der Waals surface area contributed by atoms with E-state index < -0.39 is 4.92 Å². The zero-order valence-electron chi connectivity index (χ0n) is 24.2. The van der Waals surface area contributed by atoms with Crippen molar-refractivity contribution in [3.8, 4) is 0 Å². The highest BCUT2D eigenvalue weighted by Crippen LogP contribution is 2.19. The maximum absolute atomic E-state index is 13.4. The number of carbonyl (C=O) groups excluding carboxylic acids is 1. The predicted molar refractivity (Wildman–Crippen MR) is 177 cm³/mol. The Morgan fingerprint density at radius 1 is 1.09 bits per heavy atom. The first kappa shape index (κ1) is 31.8. The van der Waals surface area contributed by atoms with Crippen molar-refractivity contribution >= 4 is 50.5 Å². The zero-order chi connectivity index (χ0) is 30.8. The molecule has 0 unspecified atom stereocenters. The summed E-state index contributed by atoms with van der Waals surface area (Å²) in [6.07, 6.45) is 4.39. The van der Waals surface area contributed by atoms with E-state index in [0.717, 1.165) is 33.4 Å². The normalized spacial score (nSPS) is 12.3. The van der Waals surface area contributed by atoms with Crippen LogP contribution < -0.4 is 10.6 Å². The van der Waals surface area contributed by atoms with Crippen molar-refractivity contribution in [1.82, 2.24) is 19.8 Å². The molecule has 0 saturated heterocycles. The number of amides is 1. The van der Waals surface area contributed by atoms with E-state index in [-0.39, 0.29) is 30.0 Å². The molecule has 0 radical (unpaired) electrons. The van der Waals surface area contributed by atoms with Gasteiger partial charge in [0, 0.05) is 59.9 Å². The van der Waals surface area contributed by atoms with Crippen LogP contribution in [0.15, 0.2) is 95.9 Å². The number of thiocarbonyl (C=S) groups is 1. The second-order valence-electron chi connectivity index (χ2n) is 10.5. The van der Waals surface area contributed by atoms with Crippen LogP contribution in [0.25, 0.3) is 0 Å². The first-order valence-electron chi connectivity index (χ1n) is 14.1. The lowest BCUT2D eigenvalue weighted by molar-refractivity contribution is -0.384. The van der Waals surface area contributed by atoms with E-state index in [0.29, 0.717) is 24.7 Å². The Morgan fingerprint density at radius 2 is 1.84 bits per heavy atom. The Balaban J connectivity index is 1.47. The lowest BCUT2D eigenvalue weighted by atomic mass is 9.98. The van der Waals surface area contributed by atoms with Gasteiger partial charge in [-0.1, -0.05) is 84.7 Å². The summed E-state index contributed by atoms with van der Waals surface area (Å²) in [6, 6.07) is 24.2. The molecule has 3 aromatic carbocycles. The molecule has 1 aromatic heterocycles. The van der Waals surface area contributed by atoms with Gasteiger partial charge in [-0.15, -0.1) is 0 Å². The maximum atomic E-state index is 13.4. The van der Waals surface area contributed by atoms with Gasteiger partial charge in [0.2, 0.25) is 5.91 Å². The zero-order valence-corrected chi connectivity index (χ0v) is 26.6. The minimum atomic E-state index is -0.422. The third kappa shape index (κ3) is 9.45. The van der Waals surface area contributed by atoms with Gasteiger partial charge < -0.3 is 20.1 Å². The van der Waals surface area contributed by atoms with Gasteiger partial charge in [0.25, 0.3) is 5.69 Å². The molecule has 0 aliphatic heterocycles. The summed E-state index contributed by atoms with van der Waals surface area (Å²) >= 11 is 9.41. The van der Waals surface area contributed by atoms with Gasteiger partial charge in [0.1, 0.15) is 0 Å². The van der Waals surface area contributed by atoms with Gasteiger partial charge in [0.05, 0.1) is 17.7 Å². The van der Waals surface area contributed by atoms with Crippen molar-refractivity contribution in [3.63, 3.8) is 0 Å². The molecule has 0 saturated carbocycles. The molecule has 2 N–H and O–H groups in total. The molecule has 1 heterocycles. The van der Waals surface area contributed by atoms with Crippen LogP contribution in [0.3, 0.4) is 0 Å². The van der Waals surface area contributed by atoms with E-state index in [4.69, 9.17) is 12.2 Å². The SMILES string of the molecule is CC[C@H](C)[C@@H](CN(Cc1ccccc1)C(=S)Nc1cccc(Br)c1)NC(=O)Cc1cncn1Cc1ccc([N+](=O)[O-])cc1. The molecule has 4 aromatic rings. The second-order valence-corrected chi connectivity index (χ2v) is 11.8. The van der Waals surface area contributed by atoms with E-state index in [1.807, 2.05) is 47.0 Å². The monoisotopic (exact) mass is 662 g/mol. The number of imidazole rings is 1.